The fourth-order valence-electron chi connectivity index (χ4n) is 2.62. The van der Waals surface area contributed by atoms with Crippen molar-refractivity contribution < 1.29 is 24.4 Å². The number of aryl methyl sites for hydroxylation is 1. The molecule has 1 aliphatic rings. The van der Waals surface area contributed by atoms with Gasteiger partial charge in [0, 0.05) is 11.1 Å². The molecule has 2 aromatic carbocycles. The molecule has 2 N–H and O–H groups in total. The molecule has 1 aliphatic heterocycles. The topological polar surface area (TPSA) is 122 Å². The van der Waals surface area contributed by atoms with Crippen LogP contribution in [-0.4, -0.2) is 29.0 Å². The number of hydrazine groups is 1. The van der Waals surface area contributed by atoms with E-state index in [1.165, 1.54) is 25.3 Å². The van der Waals surface area contributed by atoms with E-state index in [0.29, 0.717) is 10.7 Å². The fourth-order valence-corrected chi connectivity index (χ4v) is 2.79. The van der Waals surface area contributed by atoms with Gasteiger partial charge in [-0.05, 0) is 42.3 Å². The summed E-state index contributed by atoms with van der Waals surface area (Å²) in [5.74, 6) is -2.14. The van der Waals surface area contributed by atoms with Crippen molar-refractivity contribution in [3.05, 3.63) is 62.2 Å². The summed E-state index contributed by atoms with van der Waals surface area (Å²) in [6, 6.07) is 7.17. The van der Waals surface area contributed by atoms with Crippen molar-refractivity contribution in [1.82, 2.24) is 5.43 Å². The van der Waals surface area contributed by atoms with Crippen LogP contribution in [0.4, 0.5) is 11.4 Å². The Kier molecular flexibility index (Phi) is 4.93. The van der Waals surface area contributed by atoms with E-state index >= 15 is 0 Å². The molecule has 1 fully saturated rings. The summed E-state index contributed by atoms with van der Waals surface area (Å²) in [6.07, 6.45) is 1.18. The molecule has 9 nitrogen and oxygen atoms in total. The second-order valence-corrected chi connectivity index (χ2v) is 6.33. The first-order valence-corrected chi connectivity index (χ1v) is 8.29. The number of halogens is 1. The zero-order chi connectivity index (χ0) is 20.6. The van der Waals surface area contributed by atoms with Gasteiger partial charge in [0.1, 0.15) is 5.57 Å². The van der Waals surface area contributed by atoms with E-state index in [0.717, 1.165) is 16.6 Å². The van der Waals surface area contributed by atoms with E-state index in [9.17, 15) is 24.8 Å². The maximum Gasteiger partial charge on any atom is 0.315 e. The third-order valence-electron chi connectivity index (χ3n) is 4.11. The number of ether oxygens (including phenoxy) is 1. The van der Waals surface area contributed by atoms with Crippen LogP contribution in [0.1, 0.15) is 11.1 Å². The summed E-state index contributed by atoms with van der Waals surface area (Å²) in [4.78, 5) is 35.3. The number of nitrogens with zero attached hydrogens (tertiary/aromatic N) is 2. The van der Waals surface area contributed by atoms with Gasteiger partial charge >= 0.3 is 5.69 Å². The Morgan fingerprint density at radius 3 is 2.61 bits per heavy atom. The summed E-state index contributed by atoms with van der Waals surface area (Å²) in [7, 11) is 1.23. The molecular weight excluding hydrogens is 390 g/mol. The van der Waals surface area contributed by atoms with Crippen molar-refractivity contribution in [1.29, 1.82) is 0 Å². The molecule has 28 heavy (non-hydrogen) atoms. The Morgan fingerprint density at radius 1 is 1.29 bits per heavy atom. The molecule has 2 aromatic rings. The van der Waals surface area contributed by atoms with Gasteiger partial charge in [0.15, 0.2) is 5.75 Å². The molecule has 0 bridgehead atoms. The van der Waals surface area contributed by atoms with Gasteiger partial charge in [0.25, 0.3) is 11.8 Å². The number of nitro benzene ring substituents is 1. The van der Waals surface area contributed by atoms with Crippen LogP contribution in [0, 0.1) is 17.0 Å². The number of nitrogens with one attached hydrogen (secondary N) is 1. The average molecular weight is 404 g/mol. The molecule has 1 saturated heterocycles. The number of phenols is 1. The van der Waals surface area contributed by atoms with Crippen molar-refractivity contribution in [3.8, 4) is 11.5 Å². The lowest BCUT2D eigenvalue weighted by atomic mass is 10.1. The van der Waals surface area contributed by atoms with Gasteiger partial charge in [-0.1, -0.05) is 17.7 Å². The molecule has 0 atom stereocenters. The Balaban J connectivity index is 2.02. The minimum absolute atomic E-state index is 0.142. The lowest BCUT2D eigenvalue weighted by Crippen LogP contribution is -2.35. The zero-order valence-corrected chi connectivity index (χ0v) is 15.5. The first-order chi connectivity index (χ1) is 13.2. The van der Waals surface area contributed by atoms with Crippen LogP contribution in [0.3, 0.4) is 0 Å². The standard InChI is InChI=1S/C18H14ClN3O6/c1-9-3-4-11(8-13(9)19)21-18(25)12(17(24)20-21)5-10-6-14(22(26)27)16(23)15(7-10)28-2/h3-8,23H,1-2H3,(H,20,24)/b12-5-. The molecule has 3 rings (SSSR count). The van der Waals surface area contributed by atoms with Crippen molar-refractivity contribution in [2.45, 2.75) is 6.92 Å². The summed E-state index contributed by atoms with van der Waals surface area (Å²) in [5, 5.41) is 22.4. The number of hydrogen-bond acceptors (Lipinski definition) is 6. The lowest BCUT2D eigenvalue weighted by Gasteiger charge is -2.15. The largest absolute Gasteiger partial charge is 0.500 e. The van der Waals surface area contributed by atoms with Gasteiger partial charge in [-0.3, -0.25) is 25.1 Å². The van der Waals surface area contributed by atoms with Crippen molar-refractivity contribution in [2.24, 2.45) is 0 Å². The Morgan fingerprint density at radius 2 is 2.00 bits per heavy atom. The molecule has 1 heterocycles. The normalized spacial score (nSPS) is 15.1. The highest BCUT2D eigenvalue weighted by molar-refractivity contribution is 6.33. The first-order valence-electron chi connectivity index (χ1n) is 7.91. The highest BCUT2D eigenvalue weighted by atomic mass is 35.5. The van der Waals surface area contributed by atoms with Crippen LogP contribution in [0.15, 0.2) is 35.9 Å². The first kappa shape index (κ1) is 19.2. The maximum atomic E-state index is 12.7. The average Bonchev–Trinajstić information content (AvgIpc) is 2.93. The monoisotopic (exact) mass is 403 g/mol. The second kappa shape index (κ2) is 7.20. The van der Waals surface area contributed by atoms with Crippen LogP contribution >= 0.6 is 11.6 Å². The van der Waals surface area contributed by atoms with Gasteiger partial charge in [-0.15, -0.1) is 0 Å². The number of nitro groups is 1. The van der Waals surface area contributed by atoms with Crippen molar-refractivity contribution >= 4 is 40.9 Å². The molecule has 0 spiro atoms. The summed E-state index contributed by atoms with van der Waals surface area (Å²) in [5.41, 5.74) is 2.89. The van der Waals surface area contributed by atoms with E-state index in [2.05, 4.69) is 5.43 Å². The third-order valence-corrected chi connectivity index (χ3v) is 4.52. The third kappa shape index (κ3) is 3.35. The van der Waals surface area contributed by atoms with E-state index in [1.54, 1.807) is 19.1 Å². The number of amides is 2. The van der Waals surface area contributed by atoms with E-state index in [1.807, 2.05) is 0 Å². The van der Waals surface area contributed by atoms with Crippen LogP contribution in [0.2, 0.25) is 5.02 Å². The predicted octanol–water partition coefficient (Wildman–Crippen LogP) is 2.73. The Labute approximate surface area is 163 Å². The molecule has 0 saturated carbocycles. The number of aromatic hydroxyl groups is 1. The molecule has 0 unspecified atom stereocenters. The Bertz CT molecular complexity index is 1050. The molecule has 2 amide bonds. The van der Waals surface area contributed by atoms with Gasteiger partial charge in [0.2, 0.25) is 5.75 Å². The minimum Gasteiger partial charge on any atom is -0.500 e. The number of rotatable bonds is 4. The van der Waals surface area contributed by atoms with Crippen molar-refractivity contribution in [2.75, 3.05) is 12.1 Å². The molecular formula is C18H14ClN3O6. The minimum atomic E-state index is -0.795. The fraction of sp³-hybridized carbons (Fsp3) is 0.111. The smallest absolute Gasteiger partial charge is 0.315 e. The Hall–Kier alpha value is -3.59. The number of carbonyl (C=O) groups excluding carboxylic acids is 2. The SMILES string of the molecule is COc1cc(/C=C2/C(=O)NN(c3ccc(C)c(Cl)c3)C2=O)cc([N+](=O)[O-])c1O. The molecule has 0 radical (unpaired) electrons. The van der Waals surface area contributed by atoms with Crippen molar-refractivity contribution in [3.63, 3.8) is 0 Å². The molecule has 0 aromatic heterocycles. The molecule has 0 aliphatic carbocycles. The van der Waals surface area contributed by atoms with E-state index in [4.69, 9.17) is 16.3 Å². The van der Waals surface area contributed by atoms with Crippen LogP contribution in [0.5, 0.6) is 11.5 Å². The summed E-state index contributed by atoms with van der Waals surface area (Å²) >= 11 is 6.07. The summed E-state index contributed by atoms with van der Waals surface area (Å²) in [6.45, 7) is 1.80. The number of hydrogen-bond donors (Lipinski definition) is 2. The number of phenolic OH excluding ortho intramolecular Hbond substituents is 1. The lowest BCUT2D eigenvalue weighted by molar-refractivity contribution is -0.386. The van der Waals surface area contributed by atoms with Crippen LogP contribution in [0.25, 0.3) is 6.08 Å². The highest BCUT2D eigenvalue weighted by Gasteiger charge is 2.35. The van der Waals surface area contributed by atoms with Gasteiger partial charge in [-0.2, -0.15) is 0 Å². The highest BCUT2D eigenvalue weighted by Crippen LogP contribution is 2.37. The number of methoxy groups -OCH3 is 1. The quantitative estimate of drug-likeness (QED) is 0.350. The van der Waals surface area contributed by atoms with E-state index in [-0.39, 0.29) is 16.9 Å². The predicted molar refractivity (Wildman–Crippen MR) is 101 cm³/mol. The molecule has 10 heteroatoms. The van der Waals surface area contributed by atoms with E-state index < -0.39 is 28.2 Å². The van der Waals surface area contributed by atoms with Crippen LogP contribution in [-0.2, 0) is 9.59 Å². The second-order valence-electron chi connectivity index (χ2n) is 5.92. The van der Waals surface area contributed by atoms with Gasteiger partial charge in [0.05, 0.1) is 17.7 Å². The number of carbonyl (C=O) groups is 2. The number of anilines is 1. The molecule has 144 valence electrons. The number of benzene rings is 2. The van der Waals surface area contributed by atoms with Crippen LogP contribution < -0.4 is 15.2 Å². The maximum absolute atomic E-state index is 12.7. The van der Waals surface area contributed by atoms with Gasteiger partial charge in [-0.25, -0.2) is 5.01 Å². The van der Waals surface area contributed by atoms with Gasteiger partial charge < -0.3 is 9.84 Å². The zero-order valence-electron chi connectivity index (χ0n) is 14.7. The summed E-state index contributed by atoms with van der Waals surface area (Å²) < 4.78 is 4.92.